The number of alkyl halides is 1. The van der Waals surface area contributed by atoms with Crippen molar-refractivity contribution < 1.29 is 22.0 Å². The largest absolute Gasteiger partial charge is 0.204 e. The van der Waals surface area contributed by atoms with E-state index in [1.807, 2.05) is 0 Å². The normalized spacial score (nSPS) is 12.5. The monoisotopic (exact) mass is 306 g/mol. The first kappa shape index (κ1) is 14.8. The quantitative estimate of drug-likeness (QED) is 0.429. The van der Waals surface area contributed by atoms with E-state index in [4.69, 9.17) is 11.6 Å². The van der Waals surface area contributed by atoms with Gasteiger partial charge in [0, 0.05) is 5.56 Å². The minimum absolute atomic E-state index is 0.0749. The lowest BCUT2D eigenvalue weighted by Gasteiger charge is -2.12. The van der Waals surface area contributed by atoms with Crippen LogP contribution in [0.15, 0.2) is 30.3 Å². The van der Waals surface area contributed by atoms with Crippen molar-refractivity contribution in [2.45, 2.75) is 11.8 Å². The highest BCUT2D eigenvalue weighted by Gasteiger charge is 2.21. The Bertz CT molecular complexity index is 642. The Labute approximate surface area is 116 Å². The van der Waals surface area contributed by atoms with E-state index < -0.39 is 34.5 Å². The summed E-state index contributed by atoms with van der Waals surface area (Å²) in [6, 6.07) is 5.19. The van der Waals surface area contributed by atoms with E-state index in [2.05, 4.69) is 0 Å². The molecule has 20 heavy (non-hydrogen) atoms. The van der Waals surface area contributed by atoms with Gasteiger partial charge in [0.15, 0.2) is 29.1 Å². The van der Waals surface area contributed by atoms with Crippen LogP contribution in [-0.4, -0.2) is 0 Å². The van der Waals surface area contributed by atoms with Crippen LogP contribution in [0.25, 0.3) is 0 Å². The molecule has 0 amide bonds. The molecule has 0 N–H and O–H groups in total. The maximum atomic E-state index is 13.5. The van der Waals surface area contributed by atoms with E-state index in [9.17, 15) is 22.0 Å². The average Bonchev–Trinajstić information content (AvgIpc) is 2.41. The van der Waals surface area contributed by atoms with Crippen LogP contribution >= 0.6 is 11.6 Å². The molecule has 0 bridgehead atoms. The summed E-state index contributed by atoms with van der Waals surface area (Å²) in [5.74, 6) is -6.57. The minimum Gasteiger partial charge on any atom is -0.204 e. The van der Waals surface area contributed by atoms with Crippen molar-refractivity contribution in [3.63, 3.8) is 0 Å². The molecule has 0 aliphatic carbocycles. The molecule has 1 atom stereocenters. The lowest BCUT2D eigenvalue weighted by atomic mass is 10.0. The fraction of sp³-hybridized carbons (Fsp3) is 0.143. The van der Waals surface area contributed by atoms with Gasteiger partial charge in [-0.2, -0.15) is 0 Å². The van der Waals surface area contributed by atoms with Gasteiger partial charge < -0.3 is 0 Å². The van der Waals surface area contributed by atoms with Crippen LogP contribution in [0, 0.1) is 29.1 Å². The van der Waals surface area contributed by atoms with Gasteiger partial charge >= 0.3 is 0 Å². The molecule has 2 rings (SSSR count). The van der Waals surface area contributed by atoms with Crippen molar-refractivity contribution in [3.05, 3.63) is 70.5 Å². The van der Waals surface area contributed by atoms with Crippen molar-refractivity contribution in [2.75, 3.05) is 0 Å². The van der Waals surface area contributed by atoms with E-state index in [0.29, 0.717) is 0 Å². The number of benzene rings is 2. The SMILES string of the molecule is Fc1cccc(CC(Cl)c2ccc(F)c(F)c2F)c1F. The van der Waals surface area contributed by atoms with E-state index >= 15 is 0 Å². The van der Waals surface area contributed by atoms with Crippen LogP contribution in [0.4, 0.5) is 22.0 Å². The maximum Gasteiger partial charge on any atom is 0.194 e. The summed E-state index contributed by atoms with van der Waals surface area (Å²) in [4.78, 5) is 0. The lowest BCUT2D eigenvalue weighted by molar-refractivity contribution is 0.439. The topological polar surface area (TPSA) is 0 Å². The molecule has 0 aliphatic rings. The third-order valence-electron chi connectivity index (χ3n) is 2.83. The van der Waals surface area contributed by atoms with Crippen LogP contribution in [0.5, 0.6) is 0 Å². The molecule has 1 unspecified atom stereocenters. The van der Waals surface area contributed by atoms with Crippen molar-refractivity contribution in [1.29, 1.82) is 0 Å². The van der Waals surface area contributed by atoms with Gasteiger partial charge in [0.2, 0.25) is 0 Å². The zero-order chi connectivity index (χ0) is 14.9. The molecule has 2 aromatic carbocycles. The molecular weight excluding hydrogens is 299 g/mol. The molecule has 106 valence electrons. The fourth-order valence-corrected chi connectivity index (χ4v) is 2.13. The Morgan fingerprint density at radius 1 is 0.800 bits per heavy atom. The highest BCUT2D eigenvalue weighted by molar-refractivity contribution is 6.20. The predicted octanol–water partition coefficient (Wildman–Crippen LogP) is 4.90. The number of hydrogen-bond donors (Lipinski definition) is 0. The van der Waals surface area contributed by atoms with E-state index in [-0.39, 0.29) is 17.5 Å². The van der Waals surface area contributed by atoms with Gasteiger partial charge in [-0.25, -0.2) is 22.0 Å². The van der Waals surface area contributed by atoms with Gasteiger partial charge in [0.1, 0.15) is 0 Å². The van der Waals surface area contributed by atoms with Gasteiger partial charge in [-0.15, -0.1) is 11.6 Å². The summed E-state index contributed by atoms with van der Waals surface area (Å²) >= 11 is 5.88. The molecule has 0 aliphatic heterocycles. The Morgan fingerprint density at radius 2 is 1.45 bits per heavy atom. The molecule has 0 spiro atoms. The highest BCUT2D eigenvalue weighted by atomic mass is 35.5. The van der Waals surface area contributed by atoms with Crippen molar-refractivity contribution in [3.8, 4) is 0 Å². The summed E-state index contributed by atoms with van der Waals surface area (Å²) in [5.41, 5.74) is -0.386. The van der Waals surface area contributed by atoms with Crippen molar-refractivity contribution >= 4 is 11.6 Å². The van der Waals surface area contributed by atoms with Gasteiger partial charge in [-0.05, 0) is 24.1 Å². The van der Waals surface area contributed by atoms with Crippen molar-refractivity contribution in [1.82, 2.24) is 0 Å². The van der Waals surface area contributed by atoms with Gasteiger partial charge in [-0.1, -0.05) is 18.2 Å². The molecule has 0 saturated heterocycles. The van der Waals surface area contributed by atoms with Crippen LogP contribution in [-0.2, 0) is 6.42 Å². The second kappa shape index (κ2) is 5.79. The fourth-order valence-electron chi connectivity index (χ4n) is 1.79. The second-order valence-electron chi connectivity index (χ2n) is 4.15. The van der Waals surface area contributed by atoms with Gasteiger partial charge in [0.05, 0.1) is 5.38 Å². The van der Waals surface area contributed by atoms with Crippen LogP contribution in [0.3, 0.4) is 0 Å². The molecular formula is C14H8ClF5. The summed E-state index contributed by atoms with van der Waals surface area (Å²) in [7, 11) is 0. The smallest absolute Gasteiger partial charge is 0.194 e. The van der Waals surface area contributed by atoms with Crippen molar-refractivity contribution in [2.24, 2.45) is 0 Å². The van der Waals surface area contributed by atoms with E-state index in [0.717, 1.165) is 18.2 Å². The third kappa shape index (κ3) is 2.77. The van der Waals surface area contributed by atoms with Crippen LogP contribution in [0.2, 0.25) is 0 Å². The molecule has 0 heterocycles. The Balaban J connectivity index is 2.31. The highest BCUT2D eigenvalue weighted by Crippen LogP contribution is 2.30. The molecule has 0 nitrogen and oxygen atoms in total. The van der Waals surface area contributed by atoms with Crippen LogP contribution in [0.1, 0.15) is 16.5 Å². The summed E-state index contributed by atoms with van der Waals surface area (Å²) in [5, 5.41) is -1.15. The summed E-state index contributed by atoms with van der Waals surface area (Å²) in [6.07, 6.45) is -0.257. The molecule has 0 radical (unpaired) electrons. The van der Waals surface area contributed by atoms with Gasteiger partial charge in [-0.3, -0.25) is 0 Å². The van der Waals surface area contributed by atoms with E-state index in [1.165, 1.54) is 12.1 Å². The molecule has 6 heteroatoms. The maximum absolute atomic E-state index is 13.5. The second-order valence-corrected chi connectivity index (χ2v) is 4.68. The average molecular weight is 307 g/mol. The molecule has 0 saturated carbocycles. The Kier molecular flexibility index (Phi) is 4.28. The Morgan fingerprint density at radius 3 is 2.15 bits per heavy atom. The lowest BCUT2D eigenvalue weighted by Crippen LogP contribution is -2.05. The molecule has 0 fully saturated rings. The number of halogens is 6. The first-order valence-corrected chi connectivity index (χ1v) is 6.05. The zero-order valence-electron chi connectivity index (χ0n) is 9.94. The minimum atomic E-state index is -1.65. The van der Waals surface area contributed by atoms with E-state index in [1.54, 1.807) is 0 Å². The zero-order valence-corrected chi connectivity index (χ0v) is 10.7. The molecule has 0 aromatic heterocycles. The standard InChI is InChI=1S/C14H8ClF5/c15-9(6-7-2-1-3-10(16)12(7)18)8-4-5-11(17)14(20)13(8)19/h1-5,9H,6H2. The first-order chi connectivity index (χ1) is 9.41. The number of rotatable bonds is 3. The summed E-state index contributed by atoms with van der Waals surface area (Å²) in [6.45, 7) is 0. The Hall–Kier alpha value is -1.62. The number of hydrogen-bond acceptors (Lipinski definition) is 0. The third-order valence-corrected chi connectivity index (χ3v) is 3.22. The van der Waals surface area contributed by atoms with Gasteiger partial charge in [0.25, 0.3) is 0 Å². The predicted molar refractivity (Wildman–Crippen MR) is 65.0 cm³/mol. The molecule has 2 aromatic rings. The first-order valence-electron chi connectivity index (χ1n) is 5.62. The van der Waals surface area contributed by atoms with Crippen LogP contribution < -0.4 is 0 Å². The summed E-state index contributed by atoms with van der Waals surface area (Å²) < 4.78 is 65.9.